The number of Topliss-reactive ketones (excluding diaryl/α,β-unsaturated/α-hetero) is 1. The summed E-state index contributed by atoms with van der Waals surface area (Å²) >= 11 is 0. The van der Waals surface area contributed by atoms with Crippen LogP contribution < -0.4 is 0 Å². The van der Waals surface area contributed by atoms with Crippen molar-refractivity contribution in [2.24, 2.45) is 5.41 Å². The Kier molecular flexibility index (Phi) is 8.10. The molecule has 0 radical (unpaired) electrons. The van der Waals surface area contributed by atoms with Crippen LogP contribution in [0.1, 0.15) is 60.8 Å². The van der Waals surface area contributed by atoms with Crippen LogP contribution in [0, 0.1) is 5.41 Å². The van der Waals surface area contributed by atoms with E-state index in [9.17, 15) is 14.4 Å². The zero-order chi connectivity index (χ0) is 22.7. The van der Waals surface area contributed by atoms with Gasteiger partial charge in [-0.05, 0) is 51.7 Å². The minimum atomic E-state index is -2.05. The average Bonchev–Trinajstić information content (AvgIpc) is 2.57. The SMILES string of the molecule is COC(=O)C1(CC(=O)CO[Si](C)(C)C(C)(C)C)CCN(C(=O)OC(C)(C)C)CC1. The van der Waals surface area contributed by atoms with Gasteiger partial charge in [-0.3, -0.25) is 9.59 Å². The third-order valence-corrected chi connectivity index (χ3v) is 10.4. The molecule has 0 aliphatic carbocycles. The number of rotatable bonds is 6. The number of hydrogen-bond acceptors (Lipinski definition) is 6. The first-order valence-electron chi connectivity index (χ1n) is 10.2. The van der Waals surface area contributed by atoms with Gasteiger partial charge in [0.15, 0.2) is 14.1 Å². The number of hydrogen-bond donors (Lipinski definition) is 0. The standard InChI is InChI=1S/C21H39NO6Si/c1-19(2,3)28-18(25)22-12-10-21(11-13-22,17(24)26-7)14-16(23)15-27-29(8,9)20(4,5)6/h10-15H2,1-9H3. The summed E-state index contributed by atoms with van der Waals surface area (Å²) in [6, 6.07) is 0. The molecule has 0 aromatic rings. The molecule has 29 heavy (non-hydrogen) atoms. The fraction of sp³-hybridized carbons (Fsp3) is 0.857. The molecule has 168 valence electrons. The lowest BCUT2D eigenvalue weighted by atomic mass is 9.74. The highest BCUT2D eigenvalue weighted by Gasteiger charge is 2.46. The Labute approximate surface area is 176 Å². The lowest BCUT2D eigenvalue weighted by Gasteiger charge is -2.40. The molecule has 0 unspecified atom stereocenters. The van der Waals surface area contributed by atoms with Gasteiger partial charge in [0.2, 0.25) is 0 Å². The second-order valence-electron chi connectivity index (χ2n) is 10.5. The average molecular weight is 430 g/mol. The third kappa shape index (κ3) is 7.10. The van der Waals surface area contributed by atoms with Crippen molar-refractivity contribution in [2.45, 2.75) is 84.5 Å². The smallest absolute Gasteiger partial charge is 0.410 e. The number of likely N-dealkylation sites (tertiary alicyclic amines) is 1. The molecular formula is C21H39NO6Si. The van der Waals surface area contributed by atoms with Gasteiger partial charge in [0.25, 0.3) is 0 Å². The Morgan fingerprint density at radius 3 is 1.93 bits per heavy atom. The summed E-state index contributed by atoms with van der Waals surface area (Å²) in [5.41, 5.74) is -1.49. The van der Waals surface area contributed by atoms with E-state index in [1.807, 2.05) is 20.8 Å². The van der Waals surface area contributed by atoms with Crippen LogP contribution in [0.25, 0.3) is 0 Å². The van der Waals surface area contributed by atoms with Crippen molar-refractivity contribution >= 4 is 26.2 Å². The van der Waals surface area contributed by atoms with E-state index in [1.165, 1.54) is 7.11 Å². The Bertz CT molecular complexity index is 610. The summed E-state index contributed by atoms with van der Waals surface area (Å²) in [5, 5.41) is 0.00602. The van der Waals surface area contributed by atoms with Gasteiger partial charge < -0.3 is 18.8 Å². The second-order valence-corrected chi connectivity index (χ2v) is 15.3. The number of ketones is 1. The number of carbonyl (C=O) groups is 3. The number of ether oxygens (including phenoxy) is 2. The molecule has 1 saturated heterocycles. The van der Waals surface area contributed by atoms with Crippen molar-refractivity contribution < 1.29 is 28.3 Å². The minimum absolute atomic E-state index is 0.00498. The van der Waals surface area contributed by atoms with Crippen LogP contribution in [-0.4, -0.2) is 63.5 Å². The number of nitrogens with zero attached hydrogens (tertiary/aromatic N) is 1. The molecule has 0 N–H and O–H groups in total. The normalized spacial score (nSPS) is 17.6. The highest BCUT2D eigenvalue weighted by Crippen LogP contribution is 2.39. The molecule has 0 bridgehead atoms. The molecule has 8 heteroatoms. The second kappa shape index (κ2) is 9.16. The molecule has 1 amide bonds. The Morgan fingerprint density at radius 1 is 1.00 bits per heavy atom. The predicted octanol–water partition coefficient (Wildman–Crippen LogP) is 4.16. The van der Waals surface area contributed by atoms with Gasteiger partial charge in [-0.2, -0.15) is 0 Å². The van der Waals surface area contributed by atoms with Gasteiger partial charge in [-0.1, -0.05) is 20.8 Å². The highest BCUT2D eigenvalue weighted by atomic mass is 28.4. The summed E-state index contributed by atoms with van der Waals surface area (Å²) < 4.78 is 16.4. The van der Waals surface area contributed by atoms with Gasteiger partial charge in [-0.15, -0.1) is 0 Å². The summed E-state index contributed by atoms with van der Waals surface area (Å²) in [7, 11) is -0.714. The quantitative estimate of drug-likeness (QED) is 0.466. The van der Waals surface area contributed by atoms with Crippen LogP contribution in [0.2, 0.25) is 18.1 Å². The maximum atomic E-state index is 12.7. The molecule has 0 aromatic heterocycles. The number of carbonyl (C=O) groups excluding carboxylic acids is 3. The monoisotopic (exact) mass is 429 g/mol. The summed E-state index contributed by atoms with van der Waals surface area (Å²) in [6.45, 7) is 16.7. The van der Waals surface area contributed by atoms with E-state index in [2.05, 4.69) is 33.9 Å². The Balaban J connectivity index is 2.78. The Hall–Kier alpha value is -1.41. The molecule has 0 saturated carbocycles. The van der Waals surface area contributed by atoms with Crippen LogP contribution >= 0.6 is 0 Å². The fourth-order valence-corrected chi connectivity index (χ4v) is 3.97. The van der Waals surface area contributed by atoms with E-state index in [0.717, 1.165) is 0 Å². The fourth-order valence-electron chi connectivity index (χ4n) is 3.02. The summed E-state index contributed by atoms with van der Waals surface area (Å²) in [4.78, 5) is 39.1. The van der Waals surface area contributed by atoms with Crippen molar-refractivity contribution in [3.05, 3.63) is 0 Å². The summed E-state index contributed by atoms with van der Waals surface area (Å²) in [6.07, 6.45) is 0.398. The first-order valence-corrected chi connectivity index (χ1v) is 13.2. The lowest BCUT2D eigenvalue weighted by molar-refractivity contribution is -0.158. The maximum Gasteiger partial charge on any atom is 0.410 e. The molecule has 0 aromatic carbocycles. The maximum absolute atomic E-state index is 12.7. The first-order chi connectivity index (χ1) is 13.0. The Morgan fingerprint density at radius 2 is 1.52 bits per heavy atom. The van der Waals surface area contributed by atoms with Crippen molar-refractivity contribution in [3.8, 4) is 0 Å². The molecule has 7 nitrogen and oxygen atoms in total. The molecule has 0 spiro atoms. The van der Waals surface area contributed by atoms with E-state index >= 15 is 0 Å². The zero-order valence-corrected chi connectivity index (χ0v) is 20.6. The van der Waals surface area contributed by atoms with E-state index in [0.29, 0.717) is 25.9 Å². The predicted molar refractivity (Wildman–Crippen MR) is 114 cm³/mol. The van der Waals surface area contributed by atoms with Crippen LogP contribution in [0.15, 0.2) is 0 Å². The van der Waals surface area contributed by atoms with Gasteiger partial charge in [0.05, 0.1) is 19.1 Å². The third-order valence-electron chi connectivity index (χ3n) is 5.93. The largest absolute Gasteiger partial charge is 0.469 e. The summed E-state index contributed by atoms with van der Waals surface area (Å²) in [5.74, 6) is -0.507. The van der Waals surface area contributed by atoms with Gasteiger partial charge in [0.1, 0.15) is 5.60 Å². The number of amides is 1. The van der Waals surface area contributed by atoms with E-state index < -0.39 is 31.4 Å². The first kappa shape index (κ1) is 25.6. The number of methoxy groups -OCH3 is 1. The van der Waals surface area contributed by atoms with Crippen LogP contribution in [0.5, 0.6) is 0 Å². The molecule has 1 aliphatic heterocycles. The van der Waals surface area contributed by atoms with Gasteiger partial charge >= 0.3 is 12.1 Å². The molecular weight excluding hydrogens is 390 g/mol. The van der Waals surface area contributed by atoms with Crippen molar-refractivity contribution in [1.82, 2.24) is 4.90 Å². The number of esters is 1. The zero-order valence-electron chi connectivity index (χ0n) is 19.6. The van der Waals surface area contributed by atoms with E-state index in [1.54, 1.807) is 4.90 Å². The van der Waals surface area contributed by atoms with Gasteiger partial charge in [0, 0.05) is 19.5 Å². The topological polar surface area (TPSA) is 82.1 Å². The van der Waals surface area contributed by atoms with Gasteiger partial charge in [-0.25, -0.2) is 4.79 Å². The van der Waals surface area contributed by atoms with E-state index in [-0.39, 0.29) is 23.8 Å². The molecule has 1 fully saturated rings. The molecule has 1 aliphatic rings. The van der Waals surface area contributed by atoms with Crippen LogP contribution in [0.3, 0.4) is 0 Å². The van der Waals surface area contributed by atoms with Crippen molar-refractivity contribution in [3.63, 3.8) is 0 Å². The lowest BCUT2D eigenvalue weighted by Crippen LogP contribution is -2.49. The molecule has 1 rings (SSSR count). The number of piperidine rings is 1. The molecule has 1 heterocycles. The highest BCUT2D eigenvalue weighted by molar-refractivity contribution is 6.74. The van der Waals surface area contributed by atoms with Crippen LogP contribution in [0.4, 0.5) is 4.79 Å². The van der Waals surface area contributed by atoms with Crippen LogP contribution in [-0.2, 0) is 23.5 Å². The van der Waals surface area contributed by atoms with Crippen molar-refractivity contribution in [2.75, 3.05) is 26.8 Å². The van der Waals surface area contributed by atoms with Crippen molar-refractivity contribution in [1.29, 1.82) is 0 Å². The molecule has 0 atom stereocenters. The van der Waals surface area contributed by atoms with E-state index in [4.69, 9.17) is 13.9 Å². The minimum Gasteiger partial charge on any atom is -0.469 e.